The smallest absolute Gasteiger partial charge is 0.349 e. The highest BCUT2D eigenvalue weighted by atomic mass is 16.6. The van der Waals surface area contributed by atoms with Crippen LogP contribution in [-0.4, -0.2) is 32.3 Å². The largest absolute Gasteiger partial charge is 0.497 e. The topological polar surface area (TPSA) is 71.1 Å². The Labute approximate surface area is 146 Å². The van der Waals surface area contributed by atoms with Crippen molar-refractivity contribution in [1.82, 2.24) is 0 Å². The van der Waals surface area contributed by atoms with Crippen molar-refractivity contribution in [3.05, 3.63) is 54.1 Å². The third-order valence-electron chi connectivity index (χ3n) is 3.15. The molecular formula is C19H20O6. The fourth-order valence-electron chi connectivity index (χ4n) is 1.94. The average molecular weight is 344 g/mol. The molecule has 2 aromatic rings. The first-order valence-corrected chi connectivity index (χ1v) is 7.87. The van der Waals surface area contributed by atoms with Crippen LogP contribution in [0, 0.1) is 0 Å². The number of hydrogen-bond acceptors (Lipinski definition) is 6. The standard InChI is InChI=1S/C19H20O6/c1-3-11-23-19(21)14-5-4-6-17(12-14)25-18(20)13-24-16-9-7-15(22-2)8-10-16/h4-10,12H,3,11,13H2,1-2H3. The average Bonchev–Trinajstić information content (AvgIpc) is 2.65. The van der Waals surface area contributed by atoms with Gasteiger partial charge in [-0.05, 0) is 48.9 Å². The van der Waals surface area contributed by atoms with E-state index in [1.807, 2.05) is 6.92 Å². The van der Waals surface area contributed by atoms with Gasteiger partial charge in [0.05, 0.1) is 19.3 Å². The summed E-state index contributed by atoms with van der Waals surface area (Å²) in [7, 11) is 1.57. The minimum absolute atomic E-state index is 0.253. The Hall–Kier alpha value is -3.02. The highest BCUT2D eigenvalue weighted by Crippen LogP contribution is 2.18. The molecule has 0 amide bonds. The molecule has 6 heteroatoms. The van der Waals surface area contributed by atoms with E-state index in [1.54, 1.807) is 49.6 Å². The van der Waals surface area contributed by atoms with Gasteiger partial charge in [0.15, 0.2) is 6.61 Å². The molecule has 25 heavy (non-hydrogen) atoms. The van der Waals surface area contributed by atoms with Crippen LogP contribution in [0.5, 0.6) is 17.2 Å². The van der Waals surface area contributed by atoms with Gasteiger partial charge in [-0.15, -0.1) is 0 Å². The predicted molar refractivity (Wildman–Crippen MR) is 91.1 cm³/mol. The first-order chi connectivity index (χ1) is 12.1. The van der Waals surface area contributed by atoms with Crippen LogP contribution >= 0.6 is 0 Å². The lowest BCUT2D eigenvalue weighted by Crippen LogP contribution is -2.18. The number of benzene rings is 2. The van der Waals surface area contributed by atoms with E-state index in [-0.39, 0.29) is 12.4 Å². The Morgan fingerprint density at radius 2 is 1.68 bits per heavy atom. The van der Waals surface area contributed by atoms with Crippen molar-refractivity contribution in [2.75, 3.05) is 20.3 Å². The van der Waals surface area contributed by atoms with Crippen molar-refractivity contribution in [2.45, 2.75) is 13.3 Å². The van der Waals surface area contributed by atoms with Crippen LogP contribution in [0.1, 0.15) is 23.7 Å². The zero-order valence-electron chi connectivity index (χ0n) is 14.2. The molecule has 0 heterocycles. The van der Waals surface area contributed by atoms with Crippen LogP contribution in [0.2, 0.25) is 0 Å². The Bertz CT molecular complexity index is 708. The first kappa shape index (κ1) is 18.3. The summed E-state index contributed by atoms with van der Waals surface area (Å²) in [5.74, 6) is 0.453. The molecule has 6 nitrogen and oxygen atoms in total. The number of carbonyl (C=O) groups excluding carboxylic acids is 2. The van der Waals surface area contributed by atoms with Crippen molar-refractivity contribution >= 4 is 11.9 Å². The van der Waals surface area contributed by atoms with Gasteiger partial charge in [-0.2, -0.15) is 0 Å². The maximum Gasteiger partial charge on any atom is 0.349 e. The predicted octanol–water partition coefficient (Wildman–Crippen LogP) is 3.25. The van der Waals surface area contributed by atoms with Gasteiger partial charge in [0.25, 0.3) is 0 Å². The second-order valence-electron chi connectivity index (χ2n) is 5.10. The molecule has 0 aromatic heterocycles. The number of rotatable bonds is 8. The molecule has 0 spiro atoms. The first-order valence-electron chi connectivity index (χ1n) is 7.87. The lowest BCUT2D eigenvalue weighted by atomic mass is 10.2. The highest BCUT2D eigenvalue weighted by Gasteiger charge is 2.11. The second kappa shape index (κ2) is 9.32. The van der Waals surface area contributed by atoms with E-state index in [0.29, 0.717) is 23.7 Å². The lowest BCUT2D eigenvalue weighted by molar-refractivity contribution is -0.136. The molecule has 0 saturated carbocycles. The Kier molecular flexibility index (Phi) is 6.83. The molecule has 0 atom stereocenters. The summed E-state index contributed by atoms with van der Waals surface area (Å²) in [5, 5.41) is 0. The van der Waals surface area contributed by atoms with Crippen LogP contribution in [0.25, 0.3) is 0 Å². The van der Waals surface area contributed by atoms with E-state index >= 15 is 0 Å². The highest BCUT2D eigenvalue weighted by molar-refractivity contribution is 5.90. The Morgan fingerprint density at radius 3 is 2.36 bits per heavy atom. The van der Waals surface area contributed by atoms with Crippen LogP contribution in [0.4, 0.5) is 0 Å². The molecule has 0 fully saturated rings. The van der Waals surface area contributed by atoms with Gasteiger partial charge in [-0.25, -0.2) is 9.59 Å². The molecule has 2 aromatic carbocycles. The van der Waals surface area contributed by atoms with E-state index in [1.165, 1.54) is 6.07 Å². The zero-order valence-corrected chi connectivity index (χ0v) is 14.2. The van der Waals surface area contributed by atoms with Gasteiger partial charge in [0.2, 0.25) is 0 Å². The monoisotopic (exact) mass is 344 g/mol. The molecule has 0 aliphatic rings. The summed E-state index contributed by atoms with van der Waals surface area (Å²) >= 11 is 0. The fraction of sp³-hybridized carbons (Fsp3) is 0.263. The van der Waals surface area contributed by atoms with Crippen LogP contribution in [0.3, 0.4) is 0 Å². The molecule has 0 N–H and O–H groups in total. The number of esters is 2. The molecular weight excluding hydrogens is 324 g/mol. The molecule has 0 aliphatic carbocycles. The normalized spacial score (nSPS) is 10.0. The van der Waals surface area contributed by atoms with Gasteiger partial charge >= 0.3 is 11.9 Å². The summed E-state index contributed by atoms with van der Waals surface area (Å²) in [4.78, 5) is 23.7. The van der Waals surface area contributed by atoms with Crippen molar-refractivity contribution in [2.24, 2.45) is 0 Å². The number of methoxy groups -OCH3 is 1. The third-order valence-corrected chi connectivity index (χ3v) is 3.15. The van der Waals surface area contributed by atoms with Crippen molar-refractivity contribution < 1.29 is 28.5 Å². The summed E-state index contributed by atoms with van der Waals surface area (Å²) < 4.78 is 20.6. The SMILES string of the molecule is CCCOC(=O)c1cccc(OC(=O)COc2ccc(OC)cc2)c1. The number of ether oxygens (including phenoxy) is 4. The quantitative estimate of drug-likeness (QED) is 0.541. The second-order valence-corrected chi connectivity index (χ2v) is 5.10. The summed E-state index contributed by atoms with van der Waals surface area (Å²) in [6.07, 6.45) is 0.739. The Balaban J connectivity index is 1.88. The van der Waals surface area contributed by atoms with Gasteiger partial charge in [-0.1, -0.05) is 13.0 Å². The van der Waals surface area contributed by atoms with E-state index < -0.39 is 11.9 Å². The molecule has 0 bridgehead atoms. The molecule has 0 saturated heterocycles. The van der Waals surface area contributed by atoms with E-state index in [2.05, 4.69) is 0 Å². The molecule has 132 valence electrons. The minimum Gasteiger partial charge on any atom is -0.497 e. The maximum atomic E-state index is 11.9. The molecule has 2 rings (SSSR count). The van der Waals surface area contributed by atoms with E-state index in [9.17, 15) is 9.59 Å². The minimum atomic E-state index is -0.574. The summed E-state index contributed by atoms with van der Waals surface area (Å²) in [6.45, 7) is 2.00. The maximum absolute atomic E-state index is 11.9. The van der Waals surface area contributed by atoms with E-state index in [4.69, 9.17) is 18.9 Å². The van der Waals surface area contributed by atoms with E-state index in [0.717, 1.165) is 6.42 Å². The number of hydrogen-bond donors (Lipinski definition) is 0. The molecule has 0 aliphatic heterocycles. The fourth-order valence-corrected chi connectivity index (χ4v) is 1.94. The lowest BCUT2D eigenvalue weighted by Gasteiger charge is -2.08. The molecule has 0 radical (unpaired) electrons. The number of carbonyl (C=O) groups is 2. The van der Waals surface area contributed by atoms with Crippen molar-refractivity contribution in [3.63, 3.8) is 0 Å². The zero-order chi connectivity index (χ0) is 18.1. The van der Waals surface area contributed by atoms with Gasteiger partial charge in [0.1, 0.15) is 17.2 Å². The van der Waals surface area contributed by atoms with Crippen molar-refractivity contribution in [1.29, 1.82) is 0 Å². The van der Waals surface area contributed by atoms with Gasteiger partial charge in [-0.3, -0.25) is 0 Å². The van der Waals surface area contributed by atoms with Crippen LogP contribution in [-0.2, 0) is 9.53 Å². The molecule has 0 unspecified atom stereocenters. The van der Waals surface area contributed by atoms with Crippen LogP contribution < -0.4 is 14.2 Å². The third kappa shape index (κ3) is 5.84. The summed E-state index contributed by atoms with van der Waals surface area (Å²) in [5.41, 5.74) is 0.329. The van der Waals surface area contributed by atoms with Crippen molar-refractivity contribution in [3.8, 4) is 17.2 Å². The Morgan fingerprint density at radius 1 is 0.960 bits per heavy atom. The summed E-state index contributed by atoms with van der Waals surface area (Å²) in [6, 6.07) is 13.1. The van der Waals surface area contributed by atoms with Crippen LogP contribution in [0.15, 0.2) is 48.5 Å². The van der Waals surface area contributed by atoms with Gasteiger partial charge in [0, 0.05) is 0 Å². The van der Waals surface area contributed by atoms with Gasteiger partial charge < -0.3 is 18.9 Å².